The molecule has 0 aliphatic rings. The molecule has 0 fully saturated rings. The van der Waals surface area contributed by atoms with Crippen LogP contribution in [0.1, 0.15) is 30.1 Å². The van der Waals surface area contributed by atoms with Gasteiger partial charge in [0.25, 0.3) is 0 Å². The van der Waals surface area contributed by atoms with Crippen molar-refractivity contribution in [2.45, 2.75) is 24.7 Å². The number of amides is 1. The summed E-state index contributed by atoms with van der Waals surface area (Å²) in [6.45, 7) is 1.60. The highest BCUT2D eigenvalue weighted by atomic mass is 35.5. The van der Waals surface area contributed by atoms with Crippen molar-refractivity contribution in [3.63, 3.8) is 0 Å². The van der Waals surface area contributed by atoms with Gasteiger partial charge in [-0.05, 0) is 42.8 Å². The monoisotopic (exact) mass is 405 g/mol. The third-order valence-corrected chi connectivity index (χ3v) is 5.00. The number of thioether (sulfide) groups is 1. The fraction of sp³-hybridized carbons (Fsp3) is 0.250. The fourth-order valence-electron chi connectivity index (χ4n) is 2.16. The zero-order valence-electron chi connectivity index (χ0n) is 14.9. The van der Waals surface area contributed by atoms with Crippen LogP contribution in [0, 0.1) is 0 Å². The van der Waals surface area contributed by atoms with Crippen molar-refractivity contribution in [3.05, 3.63) is 59.1 Å². The van der Waals surface area contributed by atoms with Crippen molar-refractivity contribution in [1.82, 2.24) is 0 Å². The van der Waals surface area contributed by atoms with Crippen LogP contribution in [0.4, 0.5) is 5.69 Å². The molecule has 0 aliphatic heterocycles. The van der Waals surface area contributed by atoms with Crippen molar-refractivity contribution in [2.24, 2.45) is 0 Å². The Labute approximate surface area is 167 Å². The molecule has 2 aromatic rings. The van der Waals surface area contributed by atoms with Gasteiger partial charge in [-0.15, -0.1) is 11.8 Å². The maximum absolute atomic E-state index is 12.1. The van der Waals surface area contributed by atoms with Crippen molar-refractivity contribution >= 4 is 46.7 Å². The Morgan fingerprint density at radius 2 is 1.78 bits per heavy atom. The molecule has 1 N–H and O–H groups in total. The first kappa shape index (κ1) is 21.0. The summed E-state index contributed by atoms with van der Waals surface area (Å²) in [4.78, 5) is 36.3. The van der Waals surface area contributed by atoms with Crippen LogP contribution in [0.5, 0.6) is 0 Å². The summed E-state index contributed by atoms with van der Waals surface area (Å²) in [7, 11) is 0. The SMILES string of the molecule is CCCC(=O)Nc1ccc(C(=O)COC(=O)CSc2ccccc2Cl)cc1. The lowest BCUT2D eigenvalue weighted by Crippen LogP contribution is -2.16. The molecule has 0 saturated carbocycles. The van der Waals surface area contributed by atoms with E-state index in [9.17, 15) is 14.4 Å². The Hall–Kier alpha value is -2.31. The molecule has 2 rings (SSSR count). The summed E-state index contributed by atoms with van der Waals surface area (Å²) in [6, 6.07) is 13.7. The maximum atomic E-state index is 12.1. The zero-order valence-corrected chi connectivity index (χ0v) is 16.4. The first-order chi connectivity index (χ1) is 13.0. The number of hydrogen-bond acceptors (Lipinski definition) is 5. The minimum atomic E-state index is -0.489. The van der Waals surface area contributed by atoms with Crippen LogP contribution in [0.3, 0.4) is 0 Å². The molecule has 0 atom stereocenters. The first-order valence-corrected chi connectivity index (χ1v) is 9.82. The second-order valence-corrected chi connectivity index (χ2v) is 7.10. The number of hydrogen-bond donors (Lipinski definition) is 1. The summed E-state index contributed by atoms with van der Waals surface area (Å²) in [5, 5.41) is 3.31. The minimum absolute atomic E-state index is 0.0680. The van der Waals surface area contributed by atoms with Gasteiger partial charge in [-0.1, -0.05) is 30.7 Å². The van der Waals surface area contributed by atoms with E-state index in [2.05, 4.69) is 5.32 Å². The molecule has 5 nitrogen and oxygen atoms in total. The summed E-state index contributed by atoms with van der Waals surface area (Å²) in [5.41, 5.74) is 1.04. The molecule has 142 valence electrons. The molecular weight excluding hydrogens is 386 g/mol. The lowest BCUT2D eigenvalue weighted by Gasteiger charge is -2.07. The van der Waals surface area contributed by atoms with E-state index in [1.54, 1.807) is 30.3 Å². The molecule has 7 heteroatoms. The number of rotatable bonds is 9. The van der Waals surface area contributed by atoms with Gasteiger partial charge >= 0.3 is 5.97 Å². The number of halogens is 1. The van der Waals surface area contributed by atoms with E-state index in [-0.39, 0.29) is 24.1 Å². The second-order valence-electron chi connectivity index (χ2n) is 5.68. The molecule has 0 spiro atoms. The van der Waals surface area contributed by atoms with Gasteiger partial charge in [0.1, 0.15) is 0 Å². The van der Waals surface area contributed by atoms with Gasteiger partial charge < -0.3 is 10.1 Å². The minimum Gasteiger partial charge on any atom is -0.457 e. The molecule has 0 unspecified atom stereocenters. The zero-order chi connectivity index (χ0) is 19.6. The summed E-state index contributed by atoms with van der Waals surface area (Å²) >= 11 is 7.28. The molecule has 0 aromatic heterocycles. The van der Waals surface area contributed by atoms with Gasteiger partial charge in [0.05, 0.1) is 10.8 Å². The lowest BCUT2D eigenvalue weighted by molar-refractivity contribution is -0.139. The number of anilines is 1. The molecule has 1 amide bonds. The van der Waals surface area contributed by atoms with E-state index in [1.807, 2.05) is 25.1 Å². The topological polar surface area (TPSA) is 72.5 Å². The number of ketones is 1. The Bertz CT molecular complexity index is 808. The number of nitrogens with one attached hydrogen (secondary N) is 1. The third-order valence-electron chi connectivity index (χ3n) is 3.51. The van der Waals surface area contributed by atoms with Gasteiger partial charge in [0, 0.05) is 22.6 Å². The Morgan fingerprint density at radius 1 is 1.07 bits per heavy atom. The van der Waals surface area contributed by atoms with Crippen LogP contribution in [-0.2, 0) is 14.3 Å². The van der Waals surface area contributed by atoms with Gasteiger partial charge in [0.15, 0.2) is 12.4 Å². The average Bonchev–Trinajstić information content (AvgIpc) is 2.66. The molecule has 0 aliphatic carbocycles. The normalized spacial score (nSPS) is 10.3. The number of ether oxygens (including phenoxy) is 1. The third kappa shape index (κ3) is 7.07. The van der Waals surface area contributed by atoms with Gasteiger partial charge in [0.2, 0.25) is 5.91 Å². The van der Waals surface area contributed by atoms with E-state index in [0.29, 0.717) is 22.7 Å². The van der Waals surface area contributed by atoms with E-state index in [0.717, 1.165) is 11.3 Å². The molecule has 2 aromatic carbocycles. The van der Waals surface area contributed by atoms with E-state index < -0.39 is 5.97 Å². The highest BCUT2D eigenvalue weighted by molar-refractivity contribution is 8.00. The highest BCUT2D eigenvalue weighted by Gasteiger charge is 2.11. The molecule has 0 saturated heterocycles. The Morgan fingerprint density at radius 3 is 2.44 bits per heavy atom. The smallest absolute Gasteiger partial charge is 0.316 e. The van der Waals surface area contributed by atoms with Crippen molar-refractivity contribution in [2.75, 3.05) is 17.7 Å². The van der Waals surface area contributed by atoms with Crippen LogP contribution in [-0.4, -0.2) is 30.0 Å². The number of Topliss-reactive ketones (excluding diaryl/α,β-unsaturated/α-hetero) is 1. The molecule has 0 radical (unpaired) electrons. The van der Waals surface area contributed by atoms with Crippen molar-refractivity contribution in [1.29, 1.82) is 0 Å². The second kappa shape index (κ2) is 10.7. The molecule has 27 heavy (non-hydrogen) atoms. The van der Waals surface area contributed by atoms with E-state index in [4.69, 9.17) is 16.3 Å². The Kier molecular flexibility index (Phi) is 8.36. The Balaban J connectivity index is 1.78. The number of benzene rings is 2. The predicted molar refractivity (Wildman–Crippen MR) is 107 cm³/mol. The largest absolute Gasteiger partial charge is 0.457 e. The summed E-state index contributed by atoms with van der Waals surface area (Å²) in [5.74, 6) is -0.796. The van der Waals surface area contributed by atoms with Crippen molar-refractivity contribution in [3.8, 4) is 0 Å². The number of carbonyl (C=O) groups excluding carboxylic acids is 3. The van der Waals surface area contributed by atoms with Crippen LogP contribution in [0.2, 0.25) is 5.02 Å². The average molecular weight is 406 g/mol. The summed E-state index contributed by atoms with van der Waals surface area (Å²) < 4.78 is 5.02. The van der Waals surface area contributed by atoms with Crippen LogP contribution in [0.25, 0.3) is 0 Å². The molecular formula is C20H20ClNO4S. The van der Waals surface area contributed by atoms with Crippen LogP contribution >= 0.6 is 23.4 Å². The lowest BCUT2D eigenvalue weighted by atomic mass is 10.1. The standard InChI is InChI=1S/C20H20ClNO4S/c1-2-5-19(24)22-15-10-8-14(9-11-15)17(23)12-26-20(25)13-27-18-7-4-3-6-16(18)21/h3-4,6-11H,2,5,12-13H2,1H3,(H,22,24). The number of esters is 1. The summed E-state index contributed by atoms with van der Waals surface area (Å²) in [6.07, 6.45) is 1.21. The van der Waals surface area contributed by atoms with Gasteiger partial charge in [-0.25, -0.2) is 0 Å². The van der Waals surface area contributed by atoms with E-state index >= 15 is 0 Å². The van der Waals surface area contributed by atoms with Gasteiger partial charge in [-0.2, -0.15) is 0 Å². The van der Waals surface area contributed by atoms with Crippen LogP contribution in [0.15, 0.2) is 53.4 Å². The fourth-order valence-corrected chi connectivity index (χ4v) is 3.20. The molecule has 0 bridgehead atoms. The van der Waals surface area contributed by atoms with Crippen molar-refractivity contribution < 1.29 is 19.1 Å². The number of carbonyl (C=O) groups is 3. The van der Waals surface area contributed by atoms with Crippen LogP contribution < -0.4 is 5.32 Å². The maximum Gasteiger partial charge on any atom is 0.316 e. The first-order valence-electron chi connectivity index (χ1n) is 8.45. The van der Waals surface area contributed by atoms with E-state index in [1.165, 1.54) is 11.8 Å². The molecule has 0 heterocycles. The van der Waals surface area contributed by atoms with Gasteiger partial charge in [-0.3, -0.25) is 14.4 Å². The highest BCUT2D eigenvalue weighted by Crippen LogP contribution is 2.26. The quantitative estimate of drug-likeness (QED) is 0.375. The predicted octanol–water partition coefficient (Wildman–Crippen LogP) is 4.60.